The molecule has 1 fully saturated rings. The first kappa shape index (κ1) is 13.8. The minimum absolute atomic E-state index is 0. The maximum atomic E-state index is 10.9. The first-order valence-corrected chi connectivity index (χ1v) is 6.71. The zero-order valence-electron chi connectivity index (χ0n) is 12.0. The van der Waals surface area contributed by atoms with Crippen molar-refractivity contribution in [3.63, 3.8) is 0 Å². The van der Waals surface area contributed by atoms with E-state index in [0.717, 1.165) is 24.4 Å². The Labute approximate surface area is 117 Å². The highest BCUT2D eigenvalue weighted by molar-refractivity contribution is 5.73. The summed E-state index contributed by atoms with van der Waals surface area (Å²) in [6, 6.07) is 2.70. The lowest BCUT2D eigenvalue weighted by molar-refractivity contribution is -0.120. The van der Waals surface area contributed by atoms with Crippen molar-refractivity contribution in [2.45, 2.75) is 58.0 Å². The van der Waals surface area contributed by atoms with Crippen molar-refractivity contribution in [3.05, 3.63) is 18.1 Å². The Balaban J connectivity index is 0.00000200. The Kier molecular flexibility index (Phi) is 3.73. The Bertz CT molecular complexity index is 470. The van der Waals surface area contributed by atoms with E-state index in [1.54, 1.807) is 13.3 Å². The monoisotopic (exact) mass is 266 g/mol. The fraction of sp³-hybridized carbons (Fsp3) is 0.643. The smallest absolute Gasteiger partial charge is 0.217 e. The molecule has 19 heavy (non-hydrogen) atoms. The quantitative estimate of drug-likeness (QED) is 0.881. The molecule has 0 spiro atoms. The van der Waals surface area contributed by atoms with E-state index in [4.69, 9.17) is 0 Å². The molecule has 1 amide bonds. The number of rotatable bonds is 3. The van der Waals surface area contributed by atoms with Crippen LogP contribution in [0.5, 0.6) is 0 Å². The molecule has 0 aromatic carbocycles. The number of amides is 1. The molecule has 0 aliphatic heterocycles. The first-order chi connectivity index (χ1) is 8.84. The summed E-state index contributed by atoms with van der Waals surface area (Å²) in [4.78, 5) is 19.5. The van der Waals surface area contributed by atoms with Gasteiger partial charge in [-0.15, -0.1) is 0 Å². The molecule has 1 aliphatic rings. The summed E-state index contributed by atoms with van der Waals surface area (Å²) in [7, 11) is 0. The van der Waals surface area contributed by atoms with E-state index in [0.29, 0.717) is 12.1 Å². The standard InChI is InChI=1S/C14H22N4O.2H2/c1-9(19)17-10-5-11(6-10)18-13-7-12(14(2,3)4)15-8-16-13;;/h7-8,10-11H,5-6H2,1-4H3,(H,17,19)(H,15,16,18);2*1H. The molecule has 5 heteroatoms. The lowest BCUT2D eigenvalue weighted by Gasteiger charge is -2.36. The molecule has 1 heterocycles. The molecular formula is C14H26N4O. The second-order valence-corrected chi connectivity index (χ2v) is 6.25. The average molecular weight is 266 g/mol. The summed E-state index contributed by atoms with van der Waals surface area (Å²) in [6.07, 6.45) is 3.51. The highest BCUT2D eigenvalue weighted by Gasteiger charge is 2.30. The van der Waals surface area contributed by atoms with Gasteiger partial charge >= 0.3 is 0 Å². The van der Waals surface area contributed by atoms with E-state index in [1.807, 2.05) is 6.07 Å². The van der Waals surface area contributed by atoms with E-state index in [1.165, 1.54) is 0 Å². The van der Waals surface area contributed by atoms with Crippen LogP contribution in [0.1, 0.15) is 49.1 Å². The number of carbonyl (C=O) groups is 1. The Hall–Kier alpha value is -1.65. The van der Waals surface area contributed by atoms with Crippen molar-refractivity contribution >= 4 is 11.7 Å². The lowest BCUT2D eigenvalue weighted by Crippen LogP contribution is -2.49. The Morgan fingerprint density at radius 2 is 2.00 bits per heavy atom. The number of nitrogens with zero attached hydrogens (tertiary/aromatic N) is 2. The summed E-state index contributed by atoms with van der Waals surface area (Å²) in [5, 5.41) is 6.31. The number of hydrogen-bond donors (Lipinski definition) is 2. The van der Waals surface area contributed by atoms with E-state index in [9.17, 15) is 4.79 Å². The van der Waals surface area contributed by atoms with Gasteiger partial charge in [-0.25, -0.2) is 9.97 Å². The molecule has 2 rings (SSSR count). The molecule has 1 saturated carbocycles. The molecule has 1 aromatic rings. The highest BCUT2D eigenvalue weighted by atomic mass is 16.1. The SMILES string of the molecule is CC(=O)NC1CC(Nc2cc(C(C)(C)C)ncn2)C1.[HH].[HH]. The van der Waals surface area contributed by atoms with Gasteiger partial charge in [-0.1, -0.05) is 20.8 Å². The highest BCUT2D eigenvalue weighted by Crippen LogP contribution is 2.25. The molecule has 0 unspecified atom stereocenters. The van der Waals surface area contributed by atoms with Gasteiger partial charge in [-0.2, -0.15) is 0 Å². The van der Waals surface area contributed by atoms with Crippen LogP contribution in [0.3, 0.4) is 0 Å². The average Bonchev–Trinajstić information content (AvgIpc) is 2.25. The van der Waals surface area contributed by atoms with Crippen LogP contribution < -0.4 is 10.6 Å². The maximum Gasteiger partial charge on any atom is 0.217 e. The molecule has 1 aliphatic carbocycles. The fourth-order valence-electron chi connectivity index (χ4n) is 2.20. The molecule has 1 aromatic heterocycles. The molecule has 0 atom stereocenters. The minimum Gasteiger partial charge on any atom is -0.367 e. The van der Waals surface area contributed by atoms with E-state index in [2.05, 4.69) is 41.4 Å². The third-order valence-electron chi connectivity index (χ3n) is 3.33. The van der Waals surface area contributed by atoms with E-state index in [-0.39, 0.29) is 14.2 Å². The molecule has 2 N–H and O–H groups in total. The lowest BCUT2D eigenvalue weighted by atomic mass is 9.86. The number of hydrogen-bond acceptors (Lipinski definition) is 4. The number of carbonyl (C=O) groups excluding carboxylic acids is 1. The van der Waals surface area contributed by atoms with Crippen molar-refractivity contribution in [3.8, 4) is 0 Å². The molecule has 0 radical (unpaired) electrons. The summed E-state index contributed by atoms with van der Waals surface area (Å²) < 4.78 is 0. The maximum absolute atomic E-state index is 10.9. The van der Waals surface area contributed by atoms with Crippen molar-refractivity contribution in [2.75, 3.05) is 5.32 Å². The summed E-state index contributed by atoms with van der Waals surface area (Å²) in [5.41, 5.74) is 1.06. The second-order valence-electron chi connectivity index (χ2n) is 6.25. The molecular weight excluding hydrogens is 240 g/mol. The van der Waals surface area contributed by atoms with Crippen LogP contribution in [-0.4, -0.2) is 28.0 Å². The van der Waals surface area contributed by atoms with E-state index < -0.39 is 0 Å². The van der Waals surface area contributed by atoms with Crippen LogP contribution in [-0.2, 0) is 10.2 Å². The van der Waals surface area contributed by atoms with Crippen LogP contribution in [0.4, 0.5) is 5.82 Å². The molecule has 0 bridgehead atoms. The first-order valence-electron chi connectivity index (χ1n) is 6.71. The van der Waals surface area contributed by atoms with Gasteiger partial charge in [-0.3, -0.25) is 4.79 Å². The predicted octanol–water partition coefficient (Wildman–Crippen LogP) is 2.35. The summed E-state index contributed by atoms with van der Waals surface area (Å²) in [5.74, 6) is 0.909. The molecule has 108 valence electrons. The summed E-state index contributed by atoms with van der Waals surface area (Å²) >= 11 is 0. The van der Waals surface area contributed by atoms with Crippen molar-refractivity contribution < 1.29 is 7.65 Å². The number of nitrogens with one attached hydrogen (secondary N) is 2. The largest absolute Gasteiger partial charge is 0.367 e. The number of aromatic nitrogens is 2. The van der Waals surface area contributed by atoms with Crippen molar-refractivity contribution in [1.82, 2.24) is 15.3 Å². The Morgan fingerprint density at radius 3 is 2.58 bits per heavy atom. The fourth-order valence-corrected chi connectivity index (χ4v) is 2.20. The zero-order valence-corrected chi connectivity index (χ0v) is 12.0. The molecule has 5 nitrogen and oxygen atoms in total. The third kappa shape index (κ3) is 3.66. The van der Waals surface area contributed by atoms with E-state index >= 15 is 0 Å². The van der Waals surface area contributed by atoms with Crippen molar-refractivity contribution in [2.24, 2.45) is 0 Å². The van der Waals surface area contributed by atoms with Crippen LogP contribution in [0.15, 0.2) is 12.4 Å². The van der Waals surface area contributed by atoms with Gasteiger partial charge in [0.15, 0.2) is 0 Å². The van der Waals surface area contributed by atoms with Gasteiger partial charge in [-0.05, 0) is 12.8 Å². The van der Waals surface area contributed by atoms with Crippen LogP contribution >= 0.6 is 0 Å². The van der Waals surface area contributed by atoms with Gasteiger partial charge in [0.2, 0.25) is 5.91 Å². The van der Waals surface area contributed by atoms with Gasteiger partial charge in [0, 0.05) is 33.3 Å². The molecule has 0 saturated heterocycles. The predicted molar refractivity (Wildman–Crippen MR) is 79.2 cm³/mol. The van der Waals surface area contributed by atoms with Crippen LogP contribution in [0, 0.1) is 0 Å². The topological polar surface area (TPSA) is 66.9 Å². The Morgan fingerprint density at radius 1 is 1.32 bits per heavy atom. The second kappa shape index (κ2) is 5.15. The normalized spacial score (nSPS) is 22.5. The van der Waals surface area contributed by atoms with Gasteiger partial charge in [0.1, 0.15) is 12.1 Å². The van der Waals surface area contributed by atoms with Crippen LogP contribution in [0.25, 0.3) is 0 Å². The van der Waals surface area contributed by atoms with Crippen LogP contribution in [0.2, 0.25) is 0 Å². The minimum atomic E-state index is 0. The zero-order chi connectivity index (χ0) is 14.0. The van der Waals surface area contributed by atoms with Crippen molar-refractivity contribution in [1.29, 1.82) is 0 Å². The van der Waals surface area contributed by atoms with Gasteiger partial charge in [0.05, 0.1) is 5.69 Å². The third-order valence-corrected chi connectivity index (χ3v) is 3.33. The van der Waals surface area contributed by atoms with Gasteiger partial charge in [0.25, 0.3) is 0 Å². The van der Waals surface area contributed by atoms with Gasteiger partial charge < -0.3 is 10.6 Å². The summed E-state index contributed by atoms with van der Waals surface area (Å²) in [6.45, 7) is 7.96. The number of anilines is 1.